The lowest BCUT2D eigenvalue weighted by Gasteiger charge is -2.71. The van der Waals surface area contributed by atoms with Crippen LogP contribution in [0.25, 0.3) is 0 Å². The van der Waals surface area contributed by atoms with E-state index in [1.54, 1.807) is 13.8 Å². The molecule has 3 fully saturated rings. The maximum Gasteiger partial charge on any atom is 0.171 e. The van der Waals surface area contributed by atoms with Crippen LogP contribution in [0.4, 0.5) is 0 Å². The van der Waals surface area contributed by atoms with E-state index in [0.29, 0.717) is 12.8 Å². The van der Waals surface area contributed by atoms with Gasteiger partial charge in [-0.1, -0.05) is 26.8 Å². The Hall–Kier alpha value is -0.790. The molecule has 6 nitrogen and oxygen atoms in total. The largest absolute Gasteiger partial charge is 0.392 e. The number of aliphatic hydroxyl groups is 4. The maximum absolute atomic E-state index is 13.3. The molecule has 6 heteroatoms. The number of ether oxygens (including phenoxy) is 1. The van der Waals surface area contributed by atoms with E-state index < -0.39 is 57.6 Å². The van der Waals surface area contributed by atoms with E-state index in [4.69, 9.17) is 4.74 Å². The molecule has 0 aromatic rings. The number of hydrogen-bond acceptors (Lipinski definition) is 6. The molecular weight excluding hydrogens is 336 g/mol. The number of hydrogen-bond donors (Lipinski definition) is 4. The van der Waals surface area contributed by atoms with Gasteiger partial charge in [0.2, 0.25) is 0 Å². The van der Waals surface area contributed by atoms with E-state index >= 15 is 0 Å². The lowest BCUT2D eigenvalue weighted by Crippen LogP contribution is -2.86. The van der Waals surface area contributed by atoms with Crippen LogP contribution >= 0.6 is 0 Å². The van der Waals surface area contributed by atoms with Crippen molar-refractivity contribution in [2.45, 2.75) is 89.0 Å². The minimum Gasteiger partial charge on any atom is -0.392 e. The summed E-state index contributed by atoms with van der Waals surface area (Å²) in [7, 11) is 0. The molecule has 0 amide bonds. The Bertz CT molecular complexity index is 646. The molecule has 0 aromatic heterocycles. The summed E-state index contributed by atoms with van der Waals surface area (Å²) in [6.45, 7) is 12.3. The zero-order valence-electron chi connectivity index (χ0n) is 16.3. The summed E-state index contributed by atoms with van der Waals surface area (Å²) in [5.74, 6) is -1.17. The molecule has 0 unspecified atom stereocenters. The third kappa shape index (κ3) is 2.02. The van der Waals surface area contributed by atoms with Gasteiger partial charge in [0.05, 0.1) is 17.8 Å². The predicted octanol–water partition coefficient (Wildman–Crippen LogP) is 0.949. The lowest BCUT2D eigenvalue weighted by molar-refractivity contribution is -0.370. The second kappa shape index (κ2) is 5.39. The second-order valence-electron chi connectivity index (χ2n) is 9.78. The van der Waals surface area contributed by atoms with Gasteiger partial charge in [-0.15, -0.1) is 6.58 Å². The fraction of sp³-hybridized carbons (Fsp3) is 0.850. The van der Waals surface area contributed by atoms with Gasteiger partial charge in [0.25, 0.3) is 0 Å². The van der Waals surface area contributed by atoms with E-state index in [0.717, 1.165) is 0 Å². The summed E-state index contributed by atoms with van der Waals surface area (Å²) in [5, 5.41) is 44.9. The van der Waals surface area contributed by atoms with Crippen molar-refractivity contribution in [1.82, 2.24) is 0 Å². The molecule has 0 radical (unpaired) electrons. The Kier molecular flexibility index (Phi) is 4.13. The molecule has 0 spiro atoms. The molecule has 2 aliphatic carbocycles. The van der Waals surface area contributed by atoms with Gasteiger partial charge in [-0.2, -0.15) is 0 Å². The van der Waals surface area contributed by atoms with Gasteiger partial charge in [0.15, 0.2) is 11.4 Å². The first kappa shape index (κ1) is 20.0. The van der Waals surface area contributed by atoms with E-state index in [1.807, 2.05) is 13.8 Å². The minimum atomic E-state index is -2.14. The Morgan fingerprint density at radius 2 is 1.73 bits per heavy atom. The van der Waals surface area contributed by atoms with Crippen LogP contribution in [0.5, 0.6) is 0 Å². The molecule has 148 valence electrons. The number of aliphatic hydroxyl groups excluding tert-OH is 3. The Balaban J connectivity index is 2.29. The summed E-state index contributed by atoms with van der Waals surface area (Å²) in [6, 6.07) is 0. The molecule has 3 aliphatic rings. The number of Topliss-reactive ketones (excluding diaryl/α,β-unsaturated/α-hetero) is 1. The first-order chi connectivity index (χ1) is 11.7. The fourth-order valence-corrected chi connectivity index (χ4v) is 6.32. The standard InChI is InChI=1S/C20H32O6/c1-7-17(4)10-12(22)20(25)18(5)11(21)8-9-16(2,3)14(18)13(23)15(24)19(20,6)26-17/h7,11,13-15,21,23-25H,1,8-10H2,2-6H3/t11-,13-,14-,15-,17-,18-,19+,20+/m0/s1. The number of fused-ring (bicyclic) bond motifs is 3. The fourth-order valence-electron chi connectivity index (χ4n) is 6.32. The molecule has 3 rings (SSSR count). The average molecular weight is 368 g/mol. The van der Waals surface area contributed by atoms with Crippen LogP contribution in [0.15, 0.2) is 12.7 Å². The molecule has 26 heavy (non-hydrogen) atoms. The molecular formula is C20H32O6. The number of carbonyl (C=O) groups excluding carboxylic acids is 1. The monoisotopic (exact) mass is 368 g/mol. The van der Waals surface area contributed by atoms with Crippen molar-refractivity contribution in [3.63, 3.8) is 0 Å². The Morgan fingerprint density at radius 1 is 1.15 bits per heavy atom. The maximum atomic E-state index is 13.3. The zero-order valence-corrected chi connectivity index (χ0v) is 16.3. The third-order valence-electron chi connectivity index (χ3n) is 7.76. The summed E-state index contributed by atoms with van der Waals surface area (Å²) < 4.78 is 6.09. The van der Waals surface area contributed by atoms with Crippen LogP contribution < -0.4 is 0 Å². The van der Waals surface area contributed by atoms with Crippen LogP contribution in [0.3, 0.4) is 0 Å². The summed E-state index contributed by atoms with van der Waals surface area (Å²) in [5.41, 5.74) is -6.82. The van der Waals surface area contributed by atoms with E-state index in [-0.39, 0.29) is 6.42 Å². The highest BCUT2D eigenvalue weighted by atomic mass is 16.6. The van der Waals surface area contributed by atoms with Gasteiger partial charge in [-0.25, -0.2) is 0 Å². The van der Waals surface area contributed by atoms with Gasteiger partial charge in [0.1, 0.15) is 11.7 Å². The highest BCUT2D eigenvalue weighted by Gasteiger charge is 2.80. The van der Waals surface area contributed by atoms with Crippen molar-refractivity contribution in [2.24, 2.45) is 16.7 Å². The minimum absolute atomic E-state index is 0.110. The van der Waals surface area contributed by atoms with Gasteiger partial charge in [-0.05, 0) is 32.1 Å². The van der Waals surface area contributed by atoms with Crippen LogP contribution in [0, 0.1) is 16.7 Å². The van der Waals surface area contributed by atoms with Crippen LogP contribution in [0.1, 0.15) is 53.9 Å². The second-order valence-corrected chi connectivity index (χ2v) is 9.78. The van der Waals surface area contributed by atoms with Crippen LogP contribution in [-0.2, 0) is 9.53 Å². The molecule has 0 bridgehead atoms. The van der Waals surface area contributed by atoms with Crippen LogP contribution in [-0.4, -0.2) is 61.3 Å². The molecule has 2 saturated carbocycles. The average Bonchev–Trinajstić information content (AvgIpc) is 2.54. The van der Waals surface area contributed by atoms with Crippen molar-refractivity contribution in [1.29, 1.82) is 0 Å². The Morgan fingerprint density at radius 3 is 2.27 bits per heavy atom. The molecule has 0 aromatic carbocycles. The highest BCUT2D eigenvalue weighted by molar-refractivity contribution is 5.92. The van der Waals surface area contributed by atoms with Crippen molar-refractivity contribution >= 4 is 5.78 Å². The van der Waals surface area contributed by atoms with Gasteiger partial charge in [-0.3, -0.25) is 4.79 Å². The number of carbonyl (C=O) groups is 1. The van der Waals surface area contributed by atoms with E-state index in [2.05, 4.69) is 6.58 Å². The molecule has 1 aliphatic heterocycles. The number of rotatable bonds is 1. The molecule has 1 saturated heterocycles. The topological polar surface area (TPSA) is 107 Å². The third-order valence-corrected chi connectivity index (χ3v) is 7.76. The SMILES string of the molecule is C=C[C@@]1(C)CC(=O)[C@@]2(O)[C@@]3(C)[C@@H](O)CCC(C)(C)[C@@H]3[C@H](O)[C@H](O)[C@@]2(C)O1. The van der Waals surface area contributed by atoms with Crippen LogP contribution in [0.2, 0.25) is 0 Å². The van der Waals surface area contributed by atoms with E-state index in [9.17, 15) is 25.2 Å². The van der Waals surface area contributed by atoms with Crippen molar-refractivity contribution in [3.8, 4) is 0 Å². The summed E-state index contributed by atoms with van der Waals surface area (Å²) in [4.78, 5) is 13.3. The van der Waals surface area contributed by atoms with Gasteiger partial charge < -0.3 is 25.2 Å². The van der Waals surface area contributed by atoms with Gasteiger partial charge in [0, 0.05) is 17.8 Å². The first-order valence-corrected chi connectivity index (χ1v) is 9.35. The first-order valence-electron chi connectivity index (χ1n) is 9.35. The quantitative estimate of drug-likeness (QED) is 0.514. The van der Waals surface area contributed by atoms with Crippen molar-refractivity contribution in [2.75, 3.05) is 0 Å². The smallest absolute Gasteiger partial charge is 0.171 e. The summed E-state index contributed by atoms with van der Waals surface area (Å²) >= 11 is 0. The van der Waals surface area contributed by atoms with Crippen molar-refractivity contribution < 1.29 is 30.0 Å². The number of ketones is 1. The lowest BCUT2D eigenvalue weighted by atomic mass is 9.40. The zero-order chi connectivity index (χ0) is 19.9. The van der Waals surface area contributed by atoms with Crippen molar-refractivity contribution in [3.05, 3.63) is 12.7 Å². The normalized spacial score (nSPS) is 56.4. The van der Waals surface area contributed by atoms with E-state index in [1.165, 1.54) is 13.0 Å². The highest BCUT2D eigenvalue weighted by Crippen LogP contribution is 2.66. The molecule has 1 heterocycles. The Labute approximate surface area is 154 Å². The summed E-state index contributed by atoms with van der Waals surface area (Å²) in [6.07, 6.45) is -1.37. The predicted molar refractivity (Wildman–Crippen MR) is 95.3 cm³/mol. The molecule has 8 atom stereocenters. The molecule has 4 N–H and O–H groups in total. The van der Waals surface area contributed by atoms with Gasteiger partial charge >= 0.3 is 0 Å².